The number of hydrogen-bond acceptors (Lipinski definition) is 4. The number of nitrogens with one attached hydrogen (secondary N) is 1. The van der Waals surface area contributed by atoms with E-state index in [0.717, 1.165) is 37.0 Å². The number of nitrogens with zero attached hydrogens (tertiary/aromatic N) is 1. The molecule has 0 saturated heterocycles. The van der Waals surface area contributed by atoms with Crippen LogP contribution in [0.25, 0.3) is 10.6 Å². The van der Waals surface area contributed by atoms with Crippen molar-refractivity contribution >= 4 is 34.6 Å². The van der Waals surface area contributed by atoms with E-state index < -0.39 is 11.9 Å². The Morgan fingerprint density at radius 3 is 2.46 bits per heavy atom. The van der Waals surface area contributed by atoms with Crippen molar-refractivity contribution in [3.8, 4) is 10.6 Å². The summed E-state index contributed by atoms with van der Waals surface area (Å²) in [5.41, 5.74) is 0.249. The Labute approximate surface area is 174 Å². The van der Waals surface area contributed by atoms with Crippen LogP contribution < -0.4 is 5.32 Å². The first kappa shape index (κ1) is 22.5. The highest BCUT2D eigenvalue weighted by Gasteiger charge is 2.39. The SMILES string of the molecule is CCCC(CC)(CC)C(NC(=O)c1cnc(-c2cc(F)cc(Cl)c2)s1)C(C)=O. The van der Waals surface area contributed by atoms with E-state index in [0.29, 0.717) is 15.4 Å². The van der Waals surface area contributed by atoms with Crippen molar-refractivity contribution in [3.05, 3.63) is 40.1 Å². The lowest BCUT2D eigenvalue weighted by molar-refractivity contribution is -0.122. The number of halogens is 2. The van der Waals surface area contributed by atoms with Crippen molar-refractivity contribution in [3.63, 3.8) is 0 Å². The van der Waals surface area contributed by atoms with E-state index in [4.69, 9.17) is 11.6 Å². The van der Waals surface area contributed by atoms with E-state index in [-0.39, 0.29) is 22.1 Å². The number of rotatable bonds is 9. The van der Waals surface area contributed by atoms with Gasteiger partial charge in [0, 0.05) is 10.6 Å². The van der Waals surface area contributed by atoms with Gasteiger partial charge in [-0.25, -0.2) is 9.37 Å². The Kier molecular flexibility index (Phi) is 7.72. The summed E-state index contributed by atoms with van der Waals surface area (Å²) in [7, 11) is 0. The lowest BCUT2D eigenvalue weighted by atomic mass is 9.71. The van der Waals surface area contributed by atoms with Crippen LogP contribution in [0.3, 0.4) is 0 Å². The molecule has 28 heavy (non-hydrogen) atoms. The van der Waals surface area contributed by atoms with Crippen LogP contribution in [0.2, 0.25) is 5.02 Å². The minimum absolute atomic E-state index is 0.0489. The number of ketones is 1. The molecule has 0 aliphatic carbocycles. The first-order valence-corrected chi connectivity index (χ1v) is 10.7. The second-order valence-corrected chi connectivity index (χ2v) is 8.49. The van der Waals surface area contributed by atoms with Crippen molar-refractivity contribution in [2.75, 3.05) is 0 Å². The molecule has 2 rings (SSSR count). The third-order valence-electron chi connectivity index (χ3n) is 5.29. The summed E-state index contributed by atoms with van der Waals surface area (Å²) in [6.07, 6.45) is 4.85. The zero-order chi connectivity index (χ0) is 20.9. The lowest BCUT2D eigenvalue weighted by Gasteiger charge is -2.38. The summed E-state index contributed by atoms with van der Waals surface area (Å²) in [5, 5.41) is 3.69. The van der Waals surface area contributed by atoms with Gasteiger partial charge in [0.25, 0.3) is 5.91 Å². The van der Waals surface area contributed by atoms with E-state index in [9.17, 15) is 14.0 Å². The average molecular weight is 425 g/mol. The van der Waals surface area contributed by atoms with Crippen LogP contribution in [0.4, 0.5) is 4.39 Å². The molecule has 0 spiro atoms. The smallest absolute Gasteiger partial charge is 0.263 e. The van der Waals surface area contributed by atoms with Gasteiger partial charge < -0.3 is 5.32 Å². The highest BCUT2D eigenvalue weighted by Crippen LogP contribution is 2.37. The van der Waals surface area contributed by atoms with E-state index in [1.807, 2.05) is 0 Å². The van der Waals surface area contributed by atoms with Gasteiger partial charge >= 0.3 is 0 Å². The van der Waals surface area contributed by atoms with Crippen molar-refractivity contribution in [2.24, 2.45) is 5.41 Å². The van der Waals surface area contributed by atoms with Crippen LogP contribution in [-0.4, -0.2) is 22.7 Å². The molecule has 0 fully saturated rings. The van der Waals surface area contributed by atoms with Crippen LogP contribution in [0.5, 0.6) is 0 Å². The molecule has 1 aromatic heterocycles. The highest BCUT2D eigenvalue weighted by molar-refractivity contribution is 7.16. The zero-order valence-corrected chi connectivity index (χ0v) is 18.2. The standard InChI is InChI=1S/C21H26ClFN2O2S/c1-5-8-21(6-2,7-3)18(13(4)26)25-19(27)17-12-24-20(28-17)14-9-15(22)11-16(23)10-14/h9-12,18H,5-8H2,1-4H3,(H,25,27). The predicted molar refractivity (Wildman–Crippen MR) is 112 cm³/mol. The van der Waals surface area contributed by atoms with Crippen LogP contribution in [-0.2, 0) is 4.79 Å². The minimum atomic E-state index is -0.552. The van der Waals surface area contributed by atoms with Gasteiger partial charge in [-0.05, 0) is 49.8 Å². The molecular weight excluding hydrogens is 399 g/mol. The molecule has 4 nitrogen and oxygen atoms in total. The average Bonchev–Trinajstić information content (AvgIpc) is 3.14. The highest BCUT2D eigenvalue weighted by atomic mass is 35.5. The summed E-state index contributed by atoms with van der Waals surface area (Å²) in [5.74, 6) is -0.850. The maximum Gasteiger partial charge on any atom is 0.263 e. The molecule has 1 N–H and O–H groups in total. The van der Waals surface area contributed by atoms with Crippen LogP contribution in [0, 0.1) is 11.2 Å². The summed E-state index contributed by atoms with van der Waals surface area (Å²) in [6, 6.07) is 3.59. The van der Waals surface area contributed by atoms with E-state index in [1.165, 1.54) is 25.3 Å². The molecule has 7 heteroatoms. The number of carbonyl (C=O) groups is 2. The van der Waals surface area contributed by atoms with Gasteiger partial charge in [0.05, 0.1) is 12.2 Å². The van der Waals surface area contributed by atoms with Crippen LogP contribution in [0.15, 0.2) is 24.4 Å². The molecular formula is C21H26ClFN2O2S. The Morgan fingerprint density at radius 2 is 1.93 bits per heavy atom. The Hall–Kier alpha value is -1.79. The van der Waals surface area contributed by atoms with Gasteiger partial charge in [0.1, 0.15) is 15.7 Å². The van der Waals surface area contributed by atoms with Gasteiger partial charge in [0.2, 0.25) is 0 Å². The number of thiazole rings is 1. The van der Waals surface area contributed by atoms with Crippen LogP contribution in [0.1, 0.15) is 63.0 Å². The number of carbonyl (C=O) groups excluding carboxylic acids is 2. The third-order valence-corrected chi connectivity index (χ3v) is 6.55. The fraction of sp³-hybridized carbons (Fsp3) is 0.476. The number of benzene rings is 1. The van der Waals surface area contributed by atoms with Crippen molar-refractivity contribution in [1.82, 2.24) is 10.3 Å². The van der Waals surface area contributed by atoms with Gasteiger partial charge in [-0.2, -0.15) is 0 Å². The largest absolute Gasteiger partial charge is 0.341 e. The van der Waals surface area contributed by atoms with E-state index in [1.54, 1.807) is 6.07 Å². The van der Waals surface area contributed by atoms with Gasteiger partial charge in [0.15, 0.2) is 5.78 Å². The third kappa shape index (κ3) is 4.97. The zero-order valence-electron chi connectivity index (χ0n) is 16.6. The summed E-state index contributed by atoms with van der Waals surface area (Å²) < 4.78 is 13.6. The van der Waals surface area contributed by atoms with Gasteiger partial charge in [-0.3, -0.25) is 9.59 Å². The fourth-order valence-corrected chi connectivity index (χ4v) is 4.76. The molecule has 0 aliphatic heterocycles. The molecule has 0 saturated carbocycles. The molecule has 1 amide bonds. The van der Waals surface area contributed by atoms with Crippen molar-refractivity contribution in [2.45, 2.75) is 59.4 Å². The topological polar surface area (TPSA) is 59.1 Å². The Balaban J connectivity index is 2.27. The van der Waals surface area contributed by atoms with Crippen molar-refractivity contribution in [1.29, 1.82) is 0 Å². The molecule has 1 heterocycles. The molecule has 0 aliphatic rings. The lowest BCUT2D eigenvalue weighted by Crippen LogP contribution is -2.51. The summed E-state index contributed by atoms with van der Waals surface area (Å²) in [6.45, 7) is 7.71. The molecule has 2 aromatic rings. The van der Waals surface area contributed by atoms with E-state index >= 15 is 0 Å². The quantitative estimate of drug-likeness (QED) is 0.545. The summed E-state index contributed by atoms with van der Waals surface area (Å²) in [4.78, 5) is 29.8. The number of hydrogen-bond donors (Lipinski definition) is 1. The Bertz CT molecular complexity index is 828. The van der Waals surface area contributed by atoms with Gasteiger partial charge in [-0.1, -0.05) is 38.8 Å². The monoisotopic (exact) mass is 424 g/mol. The molecule has 0 bridgehead atoms. The molecule has 1 atom stereocenters. The first-order chi connectivity index (χ1) is 13.3. The number of amides is 1. The maximum absolute atomic E-state index is 13.6. The van der Waals surface area contributed by atoms with Gasteiger partial charge in [-0.15, -0.1) is 11.3 Å². The predicted octanol–water partition coefficient (Wildman–Crippen LogP) is 5.90. The first-order valence-electron chi connectivity index (χ1n) is 9.49. The van der Waals surface area contributed by atoms with Crippen LogP contribution >= 0.6 is 22.9 Å². The molecule has 152 valence electrons. The van der Waals surface area contributed by atoms with Crippen molar-refractivity contribution < 1.29 is 14.0 Å². The molecule has 1 unspecified atom stereocenters. The molecule has 0 radical (unpaired) electrons. The Morgan fingerprint density at radius 1 is 1.25 bits per heavy atom. The maximum atomic E-state index is 13.6. The summed E-state index contributed by atoms with van der Waals surface area (Å²) >= 11 is 7.05. The second-order valence-electron chi connectivity index (χ2n) is 7.02. The number of aromatic nitrogens is 1. The van der Waals surface area contributed by atoms with E-state index in [2.05, 4.69) is 31.1 Å². The second kappa shape index (κ2) is 9.61. The number of Topliss-reactive ketones (excluding diaryl/α,β-unsaturated/α-hetero) is 1. The minimum Gasteiger partial charge on any atom is -0.341 e. The fourth-order valence-electron chi connectivity index (χ4n) is 3.73. The molecule has 1 aromatic carbocycles. The normalized spacial score (nSPS) is 12.6.